The zero-order valence-electron chi connectivity index (χ0n) is 31.6. The van der Waals surface area contributed by atoms with Gasteiger partial charge < -0.3 is 14.4 Å². The maximum absolute atomic E-state index is 7.21. The standard InChI is InChI=1S/C50H55NO2/c1-49-30-13-12-25-47(49)51(36-17-6-3-7-18-36)42-32-35(26-28-38(42)49)34-27-29-45-41(31-34)50(39-20-8-10-22-43(39)52-45)40-21-9-11-23-44(40)53-46-24-14-19-37(48(46)50)33-15-4-2-5-16-33/h2,4,12-14,17,20,24-33,37,43,46-48H,3,5-11,15-16,18-19,21-23H2,1H3. The van der Waals surface area contributed by atoms with Gasteiger partial charge in [0, 0.05) is 34.7 Å². The Morgan fingerprint density at radius 1 is 0.736 bits per heavy atom. The van der Waals surface area contributed by atoms with Gasteiger partial charge >= 0.3 is 0 Å². The molecule has 0 saturated carbocycles. The van der Waals surface area contributed by atoms with E-state index in [1.165, 1.54) is 97.2 Å². The van der Waals surface area contributed by atoms with Gasteiger partial charge in [-0.3, -0.25) is 0 Å². The molecule has 11 rings (SSSR count). The van der Waals surface area contributed by atoms with Crippen LogP contribution in [0, 0.1) is 17.8 Å². The molecule has 53 heavy (non-hydrogen) atoms. The summed E-state index contributed by atoms with van der Waals surface area (Å²) in [5.41, 5.74) is 11.4. The summed E-state index contributed by atoms with van der Waals surface area (Å²) in [6.45, 7) is 2.45. The first kappa shape index (κ1) is 32.5. The Labute approximate surface area is 316 Å². The summed E-state index contributed by atoms with van der Waals surface area (Å²) in [4.78, 5) is 2.71. The molecular formula is C50H55NO2. The van der Waals surface area contributed by atoms with Crippen molar-refractivity contribution in [2.45, 2.75) is 132 Å². The van der Waals surface area contributed by atoms with Gasteiger partial charge in [0.1, 0.15) is 18.0 Å². The van der Waals surface area contributed by atoms with Crippen LogP contribution in [0.5, 0.6) is 5.75 Å². The molecule has 0 aromatic heterocycles. The van der Waals surface area contributed by atoms with E-state index < -0.39 is 0 Å². The van der Waals surface area contributed by atoms with Crippen LogP contribution in [0.15, 0.2) is 120 Å². The first-order chi connectivity index (χ1) is 26.1. The lowest BCUT2D eigenvalue weighted by Crippen LogP contribution is -2.58. The molecule has 0 saturated heterocycles. The van der Waals surface area contributed by atoms with E-state index in [2.05, 4.69) is 109 Å². The molecule has 3 heteroatoms. The molecule has 0 amide bonds. The summed E-state index contributed by atoms with van der Waals surface area (Å²) in [5, 5.41) is 0. The fourth-order valence-electron chi connectivity index (χ4n) is 12.8. The van der Waals surface area contributed by atoms with Crippen LogP contribution in [0.25, 0.3) is 11.1 Å². The molecule has 2 aromatic carbocycles. The van der Waals surface area contributed by atoms with Crippen molar-refractivity contribution in [3.63, 3.8) is 0 Å². The van der Waals surface area contributed by atoms with E-state index in [0.29, 0.717) is 23.8 Å². The lowest BCUT2D eigenvalue weighted by Gasteiger charge is -2.60. The highest BCUT2D eigenvalue weighted by molar-refractivity contribution is 5.79. The van der Waals surface area contributed by atoms with Crippen molar-refractivity contribution >= 4 is 5.69 Å². The van der Waals surface area contributed by atoms with Crippen LogP contribution in [0.2, 0.25) is 0 Å². The lowest BCUT2D eigenvalue weighted by atomic mass is 9.48. The van der Waals surface area contributed by atoms with Gasteiger partial charge in [0.15, 0.2) is 0 Å². The van der Waals surface area contributed by atoms with Gasteiger partial charge in [-0.25, -0.2) is 0 Å². The van der Waals surface area contributed by atoms with Crippen molar-refractivity contribution < 1.29 is 9.47 Å². The zero-order valence-corrected chi connectivity index (χ0v) is 31.6. The number of ether oxygens (including phenoxy) is 2. The van der Waals surface area contributed by atoms with Crippen molar-refractivity contribution in [3.8, 4) is 16.9 Å². The van der Waals surface area contributed by atoms with Crippen molar-refractivity contribution in [1.82, 2.24) is 0 Å². The van der Waals surface area contributed by atoms with Crippen LogP contribution in [0.1, 0.15) is 114 Å². The van der Waals surface area contributed by atoms with Crippen LogP contribution >= 0.6 is 0 Å². The van der Waals surface area contributed by atoms with Crippen molar-refractivity contribution in [3.05, 3.63) is 131 Å². The van der Waals surface area contributed by atoms with Crippen molar-refractivity contribution in [2.75, 3.05) is 4.90 Å². The third kappa shape index (κ3) is 4.77. The second kappa shape index (κ2) is 12.5. The van der Waals surface area contributed by atoms with Crippen LogP contribution in [0.3, 0.4) is 0 Å². The van der Waals surface area contributed by atoms with E-state index in [1.54, 1.807) is 11.1 Å². The van der Waals surface area contributed by atoms with Crippen molar-refractivity contribution in [2.24, 2.45) is 17.8 Å². The molecule has 8 unspecified atom stereocenters. The Balaban J connectivity index is 1.11. The molecule has 2 aromatic rings. The number of benzene rings is 2. The topological polar surface area (TPSA) is 21.7 Å². The highest BCUT2D eigenvalue weighted by Crippen LogP contribution is 2.65. The molecule has 0 N–H and O–H groups in total. The maximum Gasteiger partial charge on any atom is 0.124 e. The van der Waals surface area contributed by atoms with Crippen LogP contribution < -0.4 is 9.64 Å². The SMILES string of the molecule is CC12C=CC=CC1N(C1=CCCCC1)c1cc(-c3ccc4c(c3)C3(C5=CCCCC5O4)C4=C(CCCC4)OC4C=CCC(C5CC=CCC5)C43)ccc12. The minimum atomic E-state index is -0.183. The summed E-state index contributed by atoms with van der Waals surface area (Å²) in [5.74, 6) is 4.07. The molecule has 8 atom stereocenters. The monoisotopic (exact) mass is 701 g/mol. The average Bonchev–Trinajstić information content (AvgIpc) is 3.48. The Morgan fingerprint density at radius 2 is 1.62 bits per heavy atom. The average molecular weight is 702 g/mol. The second-order valence-corrected chi connectivity index (χ2v) is 17.8. The smallest absolute Gasteiger partial charge is 0.124 e. The van der Waals surface area contributed by atoms with Crippen molar-refractivity contribution in [1.29, 1.82) is 0 Å². The predicted octanol–water partition coefficient (Wildman–Crippen LogP) is 12.3. The summed E-state index contributed by atoms with van der Waals surface area (Å²) >= 11 is 0. The Bertz CT molecular complexity index is 2060. The summed E-state index contributed by atoms with van der Waals surface area (Å²) < 4.78 is 14.4. The number of nitrogens with zero attached hydrogens (tertiary/aromatic N) is 1. The summed E-state index contributed by atoms with van der Waals surface area (Å²) in [6.07, 6.45) is 42.6. The van der Waals surface area contributed by atoms with Gasteiger partial charge in [-0.2, -0.15) is 0 Å². The van der Waals surface area contributed by atoms with E-state index in [0.717, 1.165) is 44.3 Å². The van der Waals surface area contributed by atoms with Gasteiger partial charge in [0.2, 0.25) is 0 Å². The predicted molar refractivity (Wildman–Crippen MR) is 216 cm³/mol. The van der Waals surface area contributed by atoms with Gasteiger partial charge in [-0.1, -0.05) is 72.9 Å². The van der Waals surface area contributed by atoms with Gasteiger partial charge in [-0.05, 0) is 161 Å². The quantitative estimate of drug-likeness (QED) is 0.297. The van der Waals surface area contributed by atoms with Gasteiger partial charge in [-0.15, -0.1) is 0 Å². The molecule has 3 nitrogen and oxygen atoms in total. The first-order valence-corrected chi connectivity index (χ1v) is 21.4. The third-order valence-corrected chi connectivity index (χ3v) is 15.1. The number of anilines is 1. The van der Waals surface area contributed by atoms with Gasteiger partial charge in [0.05, 0.1) is 17.2 Å². The van der Waals surface area contributed by atoms with E-state index in [4.69, 9.17) is 9.47 Å². The number of hydrogen-bond acceptors (Lipinski definition) is 3. The molecule has 1 spiro atoms. The number of allylic oxidation sites excluding steroid dienone is 10. The minimum absolute atomic E-state index is 0.0318. The van der Waals surface area contributed by atoms with Gasteiger partial charge in [0.25, 0.3) is 0 Å². The molecule has 9 aliphatic rings. The maximum atomic E-state index is 7.21. The van der Waals surface area contributed by atoms with Crippen LogP contribution in [-0.4, -0.2) is 18.2 Å². The third-order valence-electron chi connectivity index (χ3n) is 15.1. The highest BCUT2D eigenvalue weighted by Gasteiger charge is 2.62. The fraction of sp³-hybridized carbons (Fsp3) is 0.480. The molecule has 0 radical (unpaired) electrons. The second-order valence-electron chi connectivity index (χ2n) is 17.8. The number of fused-ring (bicyclic) bond motifs is 10. The number of rotatable bonds is 3. The summed E-state index contributed by atoms with van der Waals surface area (Å²) in [6, 6.07) is 15.1. The van der Waals surface area contributed by atoms with Crippen LogP contribution in [-0.2, 0) is 15.6 Å². The largest absolute Gasteiger partial charge is 0.490 e. The van der Waals surface area contributed by atoms with Crippen LogP contribution in [0.4, 0.5) is 5.69 Å². The molecule has 0 fully saturated rings. The number of hydrogen-bond donors (Lipinski definition) is 0. The molecule has 3 aliphatic heterocycles. The first-order valence-electron chi connectivity index (χ1n) is 21.4. The molecule has 272 valence electrons. The Kier molecular flexibility index (Phi) is 7.68. The minimum Gasteiger partial charge on any atom is -0.490 e. The Hall–Kier alpha value is -3.98. The highest BCUT2D eigenvalue weighted by atomic mass is 16.5. The van der Waals surface area contributed by atoms with E-state index in [1.807, 2.05) is 0 Å². The van der Waals surface area contributed by atoms with E-state index >= 15 is 0 Å². The fourth-order valence-corrected chi connectivity index (χ4v) is 12.8. The van der Waals surface area contributed by atoms with E-state index in [-0.39, 0.29) is 23.0 Å². The molecule has 0 bridgehead atoms. The Morgan fingerprint density at radius 3 is 2.53 bits per heavy atom. The lowest BCUT2D eigenvalue weighted by molar-refractivity contribution is -0.0278. The van der Waals surface area contributed by atoms with E-state index in [9.17, 15) is 0 Å². The molecule has 3 heterocycles. The molecular weight excluding hydrogens is 647 g/mol. The summed E-state index contributed by atoms with van der Waals surface area (Å²) in [7, 11) is 0. The molecule has 6 aliphatic carbocycles. The zero-order chi connectivity index (χ0) is 35.1. The normalized spacial score (nSPS) is 36.3.